The van der Waals surface area contributed by atoms with E-state index in [4.69, 9.17) is 0 Å². The number of aliphatic hydroxyl groups is 1. The van der Waals surface area contributed by atoms with Crippen LogP contribution in [0.2, 0.25) is 0 Å². The lowest BCUT2D eigenvalue weighted by Crippen LogP contribution is -2.36. The summed E-state index contributed by atoms with van der Waals surface area (Å²) in [7, 11) is 0. The Hall–Kier alpha value is -1.03. The molecule has 1 rings (SSSR count). The summed E-state index contributed by atoms with van der Waals surface area (Å²) in [6.45, 7) is 5.57. The molecule has 18 heavy (non-hydrogen) atoms. The van der Waals surface area contributed by atoms with Gasteiger partial charge in [0, 0.05) is 0 Å². The van der Waals surface area contributed by atoms with Crippen molar-refractivity contribution in [2.24, 2.45) is 16.8 Å². The Kier molecular flexibility index (Phi) is 5.66. The Morgan fingerprint density at radius 1 is 1.50 bits per heavy atom. The second kappa shape index (κ2) is 6.78. The topological polar surface area (TPSA) is 66.7 Å². The first kappa shape index (κ1) is 15.0. The van der Waals surface area contributed by atoms with Crippen LogP contribution < -0.4 is 0 Å². The van der Waals surface area contributed by atoms with E-state index in [1.807, 2.05) is 6.92 Å². The zero-order chi connectivity index (χ0) is 13.7. The summed E-state index contributed by atoms with van der Waals surface area (Å²) >= 11 is 0. The van der Waals surface area contributed by atoms with Crippen molar-refractivity contribution in [3.05, 3.63) is 0 Å². The fourth-order valence-electron chi connectivity index (χ4n) is 2.60. The first-order valence-electron chi connectivity index (χ1n) is 6.74. The van der Waals surface area contributed by atoms with Crippen molar-refractivity contribution >= 4 is 17.8 Å². The molecule has 1 aliphatic rings. The Labute approximate surface area is 108 Å². The summed E-state index contributed by atoms with van der Waals surface area (Å²) < 4.78 is 0. The van der Waals surface area contributed by atoms with Crippen molar-refractivity contribution in [2.75, 3.05) is 0 Å². The van der Waals surface area contributed by atoms with Crippen molar-refractivity contribution in [1.82, 2.24) is 0 Å². The molecular weight excluding hydrogens is 230 g/mol. The smallest absolute Gasteiger partial charge is 0.164 e. The summed E-state index contributed by atoms with van der Waals surface area (Å²) in [4.78, 5) is 26.6. The normalized spacial score (nSPS) is 28.9. The van der Waals surface area contributed by atoms with Crippen molar-refractivity contribution < 1.29 is 14.7 Å². The predicted molar refractivity (Wildman–Crippen MR) is 70.8 cm³/mol. The highest BCUT2D eigenvalue weighted by molar-refractivity contribution is 6.35. The van der Waals surface area contributed by atoms with Crippen molar-refractivity contribution in [2.45, 2.75) is 58.6 Å². The van der Waals surface area contributed by atoms with E-state index in [2.05, 4.69) is 11.9 Å². The maximum atomic E-state index is 11.5. The Balaban J connectivity index is 2.70. The molecule has 4 heteroatoms. The van der Waals surface area contributed by atoms with Crippen LogP contribution >= 0.6 is 0 Å². The highest BCUT2D eigenvalue weighted by atomic mass is 16.3. The van der Waals surface area contributed by atoms with Gasteiger partial charge < -0.3 is 5.11 Å². The molecule has 0 aliphatic carbocycles. The molecule has 102 valence electrons. The molecular formula is C14H23NO3. The van der Waals surface area contributed by atoms with E-state index in [9.17, 15) is 14.7 Å². The Morgan fingerprint density at radius 2 is 2.17 bits per heavy atom. The molecule has 0 saturated heterocycles. The monoisotopic (exact) mass is 253 g/mol. The molecule has 0 bridgehead atoms. The van der Waals surface area contributed by atoms with E-state index in [0.29, 0.717) is 6.29 Å². The van der Waals surface area contributed by atoms with Gasteiger partial charge in [0.1, 0.15) is 5.78 Å². The van der Waals surface area contributed by atoms with Crippen LogP contribution in [0.25, 0.3) is 0 Å². The number of unbranched alkanes of at least 4 members (excludes halogenated alkanes) is 2. The molecule has 1 aliphatic heterocycles. The van der Waals surface area contributed by atoms with Crippen LogP contribution in [0, 0.1) is 11.8 Å². The lowest BCUT2D eigenvalue weighted by Gasteiger charge is -2.22. The number of nitrogens with zero attached hydrogens (tertiary/aromatic N) is 1. The van der Waals surface area contributed by atoms with Crippen LogP contribution in [-0.4, -0.2) is 35.0 Å². The van der Waals surface area contributed by atoms with Crippen LogP contribution in [0.15, 0.2) is 4.99 Å². The van der Waals surface area contributed by atoms with Gasteiger partial charge in [-0.1, -0.05) is 33.1 Å². The summed E-state index contributed by atoms with van der Waals surface area (Å²) in [6, 6.07) is -0.309. The minimum atomic E-state index is -0.834. The van der Waals surface area contributed by atoms with E-state index >= 15 is 0 Å². The van der Waals surface area contributed by atoms with Crippen LogP contribution in [0.1, 0.15) is 46.5 Å². The van der Waals surface area contributed by atoms with Gasteiger partial charge in [0.05, 0.1) is 23.8 Å². The van der Waals surface area contributed by atoms with Gasteiger partial charge in [-0.3, -0.25) is 14.6 Å². The number of hydrogen-bond donors (Lipinski definition) is 1. The average molecular weight is 253 g/mol. The van der Waals surface area contributed by atoms with Gasteiger partial charge in [-0.05, 0) is 19.3 Å². The predicted octanol–water partition coefficient (Wildman–Crippen LogP) is 1.79. The van der Waals surface area contributed by atoms with E-state index in [0.717, 1.165) is 25.7 Å². The molecule has 4 nitrogen and oxygen atoms in total. The van der Waals surface area contributed by atoms with E-state index in [1.165, 1.54) is 6.92 Å². The SMILES string of the molecule is CCCCCC(C)C1N=C(C=O)C(C(C)=O)C1O. The average Bonchev–Trinajstić information content (AvgIpc) is 2.66. The molecule has 0 aromatic rings. The third-order valence-corrected chi connectivity index (χ3v) is 3.71. The summed E-state index contributed by atoms with van der Waals surface area (Å²) in [5.41, 5.74) is 0.211. The van der Waals surface area contributed by atoms with Gasteiger partial charge in [-0.15, -0.1) is 0 Å². The van der Waals surface area contributed by atoms with Crippen molar-refractivity contribution in [3.8, 4) is 0 Å². The fourth-order valence-corrected chi connectivity index (χ4v) is 2.60. The highest BCUT2D eigenvalue weighted by Crippen LogP contribution is 2.29. The molecule has 0 spiro atoms. The Bertz CT molecular complexity index is 338. The number of rotatable bonds is 7. The van der Waals surface area contributed by atoms with E-state index in [1.54, 1.807) is 0 Å². The molecule has 0 aromatic carbocycles. The third kappa shape index (κ3) is 3.25. The minimum absolute atomic E-state index is 0.184. The molecule has 4 atom stereocenters. The lowest BCUT2D eigenvalue weighted by molar-refractivity contribution is -0.122. The summed E-state index contributed by atoms with van der Waals surface area (Å²) in [5.74, 6) is -0.705. The highest BCUT2D eigenvalue weighted by Gasteiger charge is 2.42. The fraction of sp³-hybridized carbons (Fsp3) is 0.786. The van der Waals surface area contributed by atoms with Crippen LogP contribution in [0.4, 0.5) is 0 Å². The van der Waals surface area contributed by atoms with Gasteiger partial charge in [-0.25, -0.2) is 0 Å². The van der Waals surface area contributed by atoms with E-state index < -0.39 is 12.0 Å². The zero-order valence-electron chi connectivity index (χ0n) is 11.4. The van der Waals surface area contributed by atoms with Gasteiger partial charge in [0.15, 0.2) is 6.29 Å². The van der Waals surface area contributed by atoms with Crippen LogP contribution in [0.3, 0.4) is 0 Å². The minimum Gasteiger partial charge on any atom is -0.390 e. The molecule has 0 amide bonds. The van der Waals surface area contributed by atoms with Gasteiger partial charge >= 0.3 is 0 Å². The van der Waals surface area contributed by atoms with E-state index in [-0.39, 0.29) is 23.5 Å². The number of carbonyl (C=O) groups excluding carboxylic acids is 2. The van der Waals surface area contributed by atoms with Crippen LogP contribution in [-0.2, 0) is 9.59 Å². The zero-order valence-corrected chi connectivity index (χ0v) is 11.4. The second-order valence-corrected chi connectivity index (χ2v) is 5.21. The maximum Gasteiger partial charge on any atom is 0.164 e. The molecule has 1 N–H and O–H groups in total. The number of Topliss-reactive ketones (excluding diaryl/α,β-unsaturated/α-hetero) is 1. The number of aldehydes is 1. The number of ketones is 1. The maximum absolute atomic E-state index is 11.5. The number of hydrogen-bond acceptors (Lipinski definition) is 4. The molecule has 0 radical (unpaired) electrons. The number of aliphatic hydroxyl groups excluding tert-OH is 1. The largest absolute Gasteiger partial charge is 0.390 e. The molecule has 0 saturated carbocycles. The number of carbonyl (C=O) groups is 2. The van der Waals surface area contributed by atoms with Crippen molar-refractivity contribution in [3.63, 3.8) is 0 Å². The second-order valence-electron chi connectivity index (χ2n) is 5.21. The first-order chi connectivity index (χ1) is 8.52. The quantitative estimate of drug-likeness (QED) is 0.555. The lowest BCUT2D eigenvalue weighted by atomic mass is 9.86. The van der Waals surface area contributed by atoms with Gasteiger partial charge in [0.25, 0.3) is 0 Å². The number of aliphatic imine (C=N–C) groups is 1. The summed E-state index contributed by atoms with van der Waals surface area (Å²) in [5, 5.41) is 10.2. The van der Waals surface area contributed by atoms with Crippen molar-refractivity contribution in [1.29, 1.82) is 0 Å². The third-order valence-electron chi connectivity index (χ3n) is 3.71. The molecule has 0 aromatic heterocycles. The summed E-state index contributed by atoms with van der Waals surface area (Å²) in [6.07, 6.45) is 4.15. The van der Waals surface area contributed by atoms with Gasteiger partial charge in [0.2, 0.25) is 0 Å². The van der Waals surface area contributed by atoms with Gasteiger partial charge in [-0.2, -0.15) is 0 Å². The molecule has 4 unspecified atom stereocenters. The van der Waals surface area contributed by atoms with Crippen LogP contribution in [0.5, 0.6) is 0 Å². The molecule has 1 heterocycles. The standard InChI is InChI=1S/C14H23NO3/c1-4-5-6-7-9(2)13-14(18)12(10(3)17)11(8-16)15-13/h8-9,12-14,18H,4-7H2,1-3H3. The first-order valence-corrected chi connectivity index (χ1v) is 6.74. The molecule has 0 fully saturated rings. The Morgan fingerprint density at radius 3 is 2.61 bits per heavy atom.